The second-order valence-corrected chi connectivity index (χ2v) is 5.40. The van der Waals surface area contributed by atoms with Crippen molar-refractivity contribution in [2.75, 3.05) is 19.7 Å². The highest BCUT2D eigenvalue weighted by Gasteiger charge is 2.36. The molecule has 1 aliphatic heterocycles. The molecule has 3 heteroatoms. The summed E-state index contributed by atoms with van der Waals surface area (Å²) in [6.45, 7) is 12.7. The van der Waals surface area contributed by atoms with Crippen LogP contribution < -0.4 is 11.1 Å². The molecule has 2 unspecified atom stereocenters. The first-order valence-electron chi connectivity index (χ1n) is 6.20. The molecule has 3 N–H and O–H groups in total. The molecule has 0 aromatic heterocycles. The summed E-state index contributed by atoms with van der Waals surface area (Å²) in [5.41, 5.74) is 7.14. The summed E-state index contributed by atoms with van der Waals surface area (Å²) < 4.78 is 5.79. The van der Waals surface area contributed by atoms with Crippen LogP contribution in [0.25, 0.3) is 0 Å². The Hall–Kier alpha value is -0.380. The monoisotopic (exact) mass is 226 g/mol. The zero-order chi connectivity index (χ0) is 12.2. The maximum atomic E-state index is 5.94. The highest BCUT2D eigenvalue weighted by molar-refractivity contribution is 5.00. The first-order valence-corrected chi connectivity index (χ1v) is 6.20. The van der Waals surface area contributed by atoms with E-state index in [1.54, 1.807) is 0 Å². The van der Waals surface area contributed by atoms with Gasteiger partial charge < -0.3 is 15.8 Å². The van der Waals surface area contributed by atoms with Crippen molar-refractivity contribution >= 4 is 0 Å². The van der Waals surface area contributed by atoms with Crippen LogP contribution >= 0.6 is 0 Å². The van der Waals surface area contributed by atoms with E-state index in [0.29, 0.717) is 18.6 Å². The third-order valence-electron chi connectivity index (χ3n) is 3.40. The number of rotatable bonds is 5. The summed E-state index contributed by atoms with van der Waals surface area (Å²) in [4.78, 5) is 0. The summed E-state index contributed by atoms with van der Waals surface area (Å²) in [5, 5.41) is 3.56. The topological polar surface area (TPSA) is 47.3 Å². The van der Waals surface area contributed by atoms with Gasteiger partial charge in [0, 0.05) is 25.2 Å². The van der Waals surface area contributed by atoms with Crippen LogP contribution in [-0.2, 0) is 4.74 Å². The van der Waals surface area contributed by atoms with Crippen molar-refractivity contribution in [1.82, 2.24) is 5.32 Å². The van der Waals surface area contributed by atoms with Gasteiger partial charge in [0.25, 0.3) is 0 Å². The Morgan fingerprint density at radius 3 is 2.81 bits per heavy atom. The molecule has 16 heavy (non-hydrogen) atoms. The van der Waals surface area contributed by atoms with E-state index in [2.05, 4.69) is 25.7 Å². The van der Waals surface area contributed by atoms with Crippen LogP contribution in [0.3, 0.4) is 0 Å². The third kappa shape index (κ3) is 3.58. The van der Waals surface area contributed by atoms with Crippen molar-refractivity contribution in [1.29, 1.82) is 0 Å². The van der Waals surface area contributed by atoms with Gasteiger partial charge in [0.05, 0.1) is 6.10 Å². The van der Waals surface area contributed by atoms with Gasteiger partial charge in [-0.25, -0.2) is 0 Å². The van der Waals surface area contributed by atoms with Gasteiger partial charge in [0.2, 0.25) is 0 Å². The molecule has 1 aliphatic rings. The van der Waals surface area contributed by atoms with Crippen molar-refractivity contribution in [3.8, 4) is 0 Å². The Kier molecular flexibility index (Phi) is 4.96. The first-order chi connectivity index (χ1) is 7.49. The molecule has 1 saturated heterocycles. The molecule has 0 radical (unpaired) electrons. The lowest BCUT2D eigenvalue weighted by Gasteiger charge is -2.42. The molecule has 2 atom stereocenters. The van der Waals surface area contributed by atoms with Crippen molar-refractivity contribution in [3.63, 3.8) is 0 Å². The molecule has 1 rings (SSSR count). The fourth-order valence-corrected chi connectivity index (χ4v) is 2.14. The highest BCUT2D eigenvalue weighted by Crippen LogP contribution is 2.28. The number of ether oxygens (including phenoxy) is 1. The van der Waals surface area contributed by atoms with Gasteiger partial charge in [0.1, 0.15) is 0 Å². The molecule has 1 fully saturated rings. The second-order valence-electron chi connectivity index (χ2n) is 5.40. The van der Waals surface area contributed by atoms with E-state index in [-0.39, 0.29) is 5.54 Å². The lowest BCUT2D eigenvalue weighted by molar-refractivity contribution is -0.0486. The average Bonchev–Trinajstić information content (AvgIpc) is 2.26. The molecule has 94 valence electrons. The second kappa shape index (κ2) is 5.80. The largest absolute Gasteiger partial charge is 0.378 e. The van der Waals surface area contributed by atoms with Crippen molar-refractivity contribution in [2.45, 2.75) is 45.3 Å². The van der Waals surface area contributed by atoms with Gasteiger partial charge >= 0.3 is 0 Å². The zero-order valence-electron chi connectivity index (χ0n) is 10.9. The number of hydrogen-bond donors (Lipinski definition) is 2. The van der Waals surface area contributed by atoms with E-state index >= 15 is 0 Å². The van der Waals surface area contributed by atoms with Crippen LogP contribution in [0.15, 0.2) is 12.2 Å². The average molecular weight is 226 g/mol. The standard InChI is InChI=1S/C13H26N2O/c1-10(2)8-15-13(9-14)5-6-16-12(7-13)11(3)4/h11-12,15H,1,5-9,14H2,2-4H3. The van der Waals surface area contributed by atoms with Gasteiger partial charge in [0.15, 0.2) is 0 Å². The SMILES string of the molecule is C=C(C)CNC1(CN)CCOC(C(C)C)C1. The Bertz CT molecular complexity index is 240. The molecular weight excluding hydrogens is 200 g/mol. The molecule has 0 aliphatic carbocycles. The summed E-state index contributed by atoms with van der Waals surface area (Å²) in [6.07, 6.45) is 2.34. The van der Waals surface area contributed by atoms with Gasteiger partial charge in [-0.3, -0.25) is 0 Å². The number of hydrogen-bond acceptors (Lipinski definition) is 3. The molecule has 0 saturated carbocycles. The number of nitrogens with one attached hydrogen (secondary N) is 1. The zero-order valence-corrected chi connectivity index (χ0v) is 10.9. The van der Waals surface area contributed by atoms with E-state index in [1.165, 1.54) is 0 Å². The minimum absolute atomic E-state index is 0.0478. The summed E-state index contributed by atoms with van der Waals surface area (Å²) >= 11 is 0. The minimum Gasteiger partial charge on any atom is -0.378 e. The van der Waals surface area contributed by atoms with E-state index in [0.717, 1.165) is 31.6 Å². The molecule has 0 bridgehead atoms. The smallest absolute Gasteiger partial charge is 0.0616 e. The Morgan fingerprint density at radius 2 is 2.31 bits per heavy atom. The fourth-order valence-electron chi connectivity index (χ4n) is 2.14. The maximum Gasteiger partial charge on any atom is 0.0616 e. The van der Waals surface area contributed by atoms with E-state index in [1.807, 2.05) is 6.92 Å². The van der Waals surface area contributed by atoms with E-state index in [9.17, 15) is 0 Å². The molecule has 3 nitrogen and oxygen atoms in total. The predicted octanol–water partition coefficient (Wildman–Crippen LogP) is 1.68. The first kappa shape index (κ1) is 13.7. The molecule has 0 spiro atoms. The van der Waals surface area contributed by atoms with E-state index in [4.69, 9.17) is 10.5 Å². The van der Waals surface area contributed by atoms with Gasteiger partial charge in [-0.2, -0.15) is 0 Å². The van der Waals surface area contributed by atoms with Crippen LogP contribution in [0.1, 0.15) is 33.6 Å². The predicted molar refractivity (Wildman–Crippen MR) is 68.4 cm³/mol. The summed E-state index contributed by atoms with van der Waals surface area (Å²) in [6, 6.07) is 0. The Labute approximate surface area is 99.4 Å². The van der Waals surface area contributed by atoms with Gasteiger partial charge in [-0.15, -0.1) is 0 Å². The lowest BCUT2D eigenvalue weighted by atomic mass is 9.83. The van der Waals surface area contributed by atoms with Crippen LogP contribution in [0, 0.1) is 5.92 Å². The highest BCUT2D eigenvalue weighted by atomic mass is 16.5. The molecule has 1 heterocycles. The fraction of sp³-hybridized carbons (Fsp3) is 0.846. The quantitative estimate of drug-likeness (QED) is 0.701. The van der Waals surface area contributed by atoms with Crippen molar-refractivity contribution in [2.24, 2.45) is 11.7 Å². The lowest BCUT2D eigenvalue weighted by Crippen LogP contribution is -2.57. The summed E-state index contributed by atoms with van der Waals surface area (Å²) in [7, 11) is 0. The number of nitrogens with two attached hydrogens (primary N) is 1. The van der Waals surface area contributed by atoms with Crippen LogP contribution in [0.4, 0.5) is 0 Å². The molecular formula is C13H26N2O. The third-order valence-corrected chi connectivity index (χ3v) is 3.40. The van der Waals surface area contributed by atoms with Gasteiger partial charge in [-0.05, 0) is 25.7 Å². The normalized spacial score (nSPS) is 30.7. The van der Waals surface area contributed by atoms with E-state index < -0.39 is 0 Å². The molecule has 0 aromatic rings. The van der Waals surface area contributed by atoms with Crippen LogP contribution in [0.2, 0.25) is 0 Å². The minimum atomic E-state index is 0.0478. The molecule has 0 amide bonds. The van der Waals surface area contributed by atoms with Crippen LogP contribution in [-0.4, -0.2) is 31.3 Å². The van der Waals surface area contributed by atoms with Crippen molar-refractivity contribution < 1.29 is 4.74 Å². The van der Waals surface area contributed by atoms with Crippen LogP contribution in [0.5, 0.6) is 0 Å². The Balaban J connectivity index is 2.60. The Morgan fingerprint density at radius 1 is 1.62 bits per heavy atom. The summed E-state index contributed by atoms with van der Waals surface area (Å²) in [5.74, 6) is 0.554. The molecule has 0 aromatic carbocycles. The van der Waals surface area contributed by atoms with Crippen molar-refractivity contribution in [3.05, 3.63) is 12.2 Å². The maximum absolute atomic E-state index is 5.94. The van der Waals surface area contributed by atoms with Gasteiger partial charge in [-0.1, -0.05) is 26.0 Å².